The fourth-order valence-electron chi connectivity index (χ4n) is 2.10. The number of hydrogen-bond acceptors (Lipinski definition) is 4. The van der Waals surface area contributed by atoms with Crippen LogP contribution in [0.3, 0.4) is 0 Å². The first-order valence-corrected chi connectivity index (χ1v) is 7.33. The van der Waals surface area contributed by atoms with Crippen LogP contribution >= 0.6 is 0 Å². The Bertz CT molecular complexity index is 640. The van der Waals surface area contributed by atoms with Gasteiger partial charge in [-0.05, 0) is 24.6 Å². The Labute approximate surface area is 135 Å². The summed E-state index contributed by atoms with van der Waals surface area (Å²) in [4.78, 5) is 11.9. The molecule has 0 heterocycles. The first kappa shape index (κ1) is 16.8. The molecule has 0 radical (unpaired) electrons. The number of carbonyl (C=O) groups excluding carboxylic acids is 1. The molecule has 1 amide bonds. The van der Waals surface area contributed by atoms with Crippen molar-refractivity contribution >= 4 is 5.91 Å². The minimum absolute atomic E-state index is 0.102. The van der Waals surface area contributed by atoms with Gasteiger partial charge >= 0.3 is 0 Å². The number of para-hydroxylation sites is 2. The highest BCUT2D eigenvalue weighted by Gasteiger charge is 2.23. The first-order valence-electron chi connectivity index (χ1n) is 7.33. The maximum absolute atomic E-state index is 11.9. The summed E-state index contributed by atoms with van der Waals surface area (Å²) in [6.07, 6.45) is 0. The minimum Gasteiger partial charge on any atom is -0.493 e. The number of methoxy groups -OCH3 is 1. The molecule has 2 N–H and O–H groups in total. The molecule has 1 atom stereocenters. The quantitative estimate of drug-likeness (QED) is 0.821. The summed E-state index contributed by atoms with van der Waals surface area (Å²) in [5, 5.41) is 13.1. The fourth-order valence-corrected chi connectivity index (χ4v) is 2.10. The molecule has 122 valence electrons. The Morgan fingerprint density at radius 3 is 2.35 bits per heavy atom. The van der Waals surface area contributed by atoms with Gasteiger partial charge in [-0.2, -0.15) is 0 Å². The molecule has 0 unspecified atom stereocenters. The molecule has 0 aliphatic heterocycles. The lowest BCUT2D eigenvalue weighted by atomic mass is 9.96. The zero-order valence-corrected chi connectivity index (χ0v) is 13.3. The molecule has 0 aromatic heterocycles. The van der Waals surface area contributed by atoms with Crippen molar-refractivity contribution in [3.05, 3.63) is 60.2 Å². The van der Waals surface area contributed by atoms with Gasteiger partial charge in [-0.25, -0.2) is 0 Å². The van der Waals surface area contributed by atoms with E-state index >= 15 is 0 Å². The third-order valence-corrected chi connectivity index (χ3v) is 3.45. The van der Waals surface area contributed by atoms with Crippen LogP contribution in [0.2, 0.25) is 0 Å². The average Bonchev–Trinajstić information content (AvgIpc) is 2.59. The van der Waals surface area contributed by atoms with Crippen LogP contribution in [0, 0.1) is 0 Å². The topological polar surface area (TPSA) is 67.8 Å². The van der Waals surface area contributed by atoms with Crippen LogP contribution in [-0.4, -0.2) is 31.3 Å². The van der Waals surface area contributed by atoms with E-state index in [0.717, 1.165) is 5.56 Å². The Hall–Kier alpha value is -2.53. The second-order valence-electron chi connectivity index (χ2n) is 5.36. The maximum atomic E-state index is 11.9. The molecule has 0 aliphatic rings. The van der Waals surface area contributed by atoms with Crippen LogP contribution in [0.25, 0.3) is 0 Å². The summed E-state index contributed by atoms with van der Waals surface area (Å²) in [5.41, 5.74) is -0.396. The number of rotatable bonds is 7. The second kappa shape index (κ2) is 7.65. The summed E-state index contributed by atoms with van der Waals surface area (Å²) in [7, 11) is 1.54. The van der Waals surface area contributed by atoms with Crippen LogP contribution in [-0.2, 0) is 10.4 Å². The number of hydrogen-bond donors (Lipinski definition) is 2. The van der Waals surface area contributed by atoms with Crippen molar-refractivity contribution < 1.29 is 19.4 Å². The molecule has 0 aliphatic carbocycles. The molecule has 2 aromatic rings. The molecule has 5 nitrogen and oxygen atoms in total. The van der Waals surface area contributed by atoms with Gasteiger partial charge in [0.05, 0.1) is 13.7 Å². The van der Waals surface area contributed by atoms with Crippen LogP contribution < -0.4 is 14.8 Å². The molecule has 5 heteroatoms. The number of aliphatic hydroxyl groups is 1. The molecule has 0 bridgehead atoms. The predicted octanol–water partition coefficient (Wildman–Crippen LogP) is 2.10. The molecule has 0 saturated carbocycles. The first-order chi connectivity index (χ1) is 11.0. The van der Waals surface area contributed by atoms with Gasteiger partial charge in [-0.3, -0.25) is 4.79 Å². The summed E-state index contributed by atoms with van der Waals surface area (Å²) in [6, 6.07) is 16.3. The highest BCUT2D eigenvalue weighted by molar-refractivity contribution is 5.77. The van der Waals surface area contributed by atoms with Crippen LogP contribution in [0.15, 0.2) is 54.6 Å². The largest absolute Gasteiger partial charge is 0.493 e. The third kappa shape index (κ3) is 4.72. The van der Waals surface area contributed by atoms with Crippen LogP contribution in [0.1, 0.15) is 12.5 Å². The van der Waals surface area contributed by atoms with E-state index in [1.165, 1.54) is 0 Å². The smallest absolute Gasteiger partial charge is 0.258 e. The number of nitrogens with one attached hydrogen (secondary N) is 1. The number of amides is 1. The van der Waals surface area contributed by atoms with Crippen molar-refractivity contribution in [1.29, 1.82) is 0 Å². The molecule has 0 fully saturated rings. The van der Waals surface area contributed by atoms with E-state index in [4.69, 9.17) is 9.47 Å². The fraction of sp³-hybridized carbons (Fsp3) is 0.278. The van der Waals surface area contributed by atoms with Gasteiger partial charge in [0.2, 0.25) is 0 Å². The Balaban J connectivity index is 1.86. The monoisotopic (exact) mass is 315 g/mol. The molecular formula is C18H21NO4. The zero-order chi connectivity index (χ0) is 16.7. The second-order valence-corrected chi connectivity index (χ2v) is 5.36. The van der Waals surface area contributed by atoms with Crippen molar-refractivity contribution in [1.82, 2.24) is 5.32 Å². The lowest BCUT2D eigenvalue weighted by Gasteiger charge is -2.24. The van der Waals surface area contributed by atoms with E-state index in [2.05, 4.69) is 5.32 Å². The van der Waals surface area contributed by atoms with Crippen molar-refractivity contribution in [2.75, 3.05) is 20.3 Å². The van der Waals surface area contributed by atoms with Gasteiger partial charge in [-0.1, -0.05) is 42.5 Å². The molecule has 0 saturated heterocycles. The van der Waals surface area contributed by atoms with Gasteiger partial charge in [0.25, 0.3) is 5.91 Å². The van der Waals surface area contributed by atoms with Gasteiger partial charge in [-0.15, -0.1) is 0 Å². The molecular weight excluding hydrogens is 294 g/mol. The summed E-state index contributed by atoms with van der Waals surface area (Å²) in [5.74, 6) is 0.753. The predicted molar refractivity (Wildman–Crippen MR) is 87.5 cm³/mol. The van der Waals surface area contributed by atoms with Crippen molar-refractivity contribution in [2.45, 2.75) is 12.5 Å². The normalized spacial score (nSPS) is 13.0. The van der Waals surface area contributed by atoms with Crippen molar-refractivity contribution in [3.63, 3.8) is 0 Å². The van der Waals surface area contributed by atoms with E-state index in [-0.39, 0.29) is 19.1 Å². The number of ether oxygens (including phenoxy) is 2. The average molecular weight is 315 g/mol. The van der Waals surface area contributed by atoms with E-state index in [0.29, 0.717) is 11.5 Å². The Morgan fingerprint density at radius 2 is 1.70 bits per heavy atom. The third-order valence-electron chi connectivity index (χ3n) is 3.45. The molecule has 2 aromatic carbocycles. The zero-order valence-electron chi connectivity index (χ0n) is 13.3. The summed E-state index contributed by atoms with van der Waals surface area (Å²) >= 11 is 0. The summed E-state index contributed by atoms with van der Waals surface area (Å²) in [6.45, 7) is 1.61. The van der Waals surface area contributed by atoms with E-state index < -0.39 is 5.60 Å². The van der Waals surface area contributed by atoms with E-state index in [9.17, 15) is 9.90 Å². The van der Waals surface area contributed by atoms with Crippen molar-refractivity contribution in [2.24, 2.45) is 0 Å². The van der Waals surface area contributed by atoms with Gasteiger partial charge in [0.1, 0.15) is 5.60 Å². The van der Waals surface area contributed by atoms with Gasteiger partial charge in [0, 0.05) is 0 Å². The standard InChI is InChI=1S/C18H21NO4/c1-18(21,14-8-4-3-5-9-14)13-19-17(20)12-23-16-11-7-6-10-15(16)22-2/h3-11,21H,12-13H2,1-2H3,(H,19,20)/t18-/m1/s1. The van der Waals surface area contributed by atoms with Crippen molar-refractivity contribution in [3.8, 4) is 11.5 Å². The maximum Gasteiger partial charge on any atom is 0.258 e. The Kier molecular flexibility index (Phi) is 5.60. The number of benzene rings is 2. The van der Waals surface area contributed by atoms with E-state index in [1.54, 1.807) is 32.2 Å². The molecule has 2 rings (SSSR count). The van der Waals surface area contributed by atoms with E-state index in [1.807, 2.05) is 36.4 Å². The lowest BCUT2D eigenvalue weighted by molar-refractivity contribution is -0.124. The van der Waals surface area contributed by atoms with Crippen LogP contribution in [0.4, 0.5) is 0 Å². The molecule has 23 heavy (non-hydrogen) atoms. The van der Waals surface area contributed by atoms with Crippen LogP contribution in [0.5, 0.6) is 11.5 Å². The Morgan fingerprint density at radius 1 is 1.09 bits per heavy atom. The SMILES string of the molecule is COc1ccccc1OCC(=O)NC[C@@](C)(O)c1ccccc1. The summed E-state index contributed by atoms with van der Waals surface area (Å²) < 4.78 is 10.6. The highest BCUT2D eigenvalue weighted by Crippen LogP contribution is 2.25. The van der Waals surface area contributed by atoms with Gasteiger partial charge < -0.3 is 19.9 Å². The minimum atomic E-state index is -1.14. The molecule has 0 spiro atoms. The highest BCUT2D eigenvalue weighted by atomic mass is 16.5. The lowest BCUT2D eigenvalue weighted by Crippen LogP contribution is -2.40. The van der Waals surface area contributed by atoms with Gasteiger partial charge in [0.15, 0.2) is 18.1 Å². The number of carbonyl (C=O) groups is 1.